The van der Waals surface area contributed by atoms with Crippen LogP contribution in [-0.2, 0) is 6.54 Å². The maximum atomic E-state index is 12.6. The first-order valence-corrected chi connectivity index (χ1v) is 5.67. The molecule has 2 aromatic rings. The highest BCUT2D eigenvalue weighted by molar-refractivity contribution is 6.30. The van der Waals surface area contributed by atoms with Crippen LogP contribution in [0.25, 0.3) is 0 Å². The molecule has 0 saturated carbocycles. The maximum absolute atomic E-state index is 12.6. The number of carbonyl (C=O) groups is 1. The van der Waals surface area contributed by atoms with E-state index in [4.69, 9.17) is 11.6 Å². The van der Waals surface area contributed by atoms with Gasteiger partial charge in [0.2, 0.25) is 5.95 Å². The monoisotopic (exact) mass is 264 g/mol. The van der Waals surface area contributed by atoms with Crippen molar-refractivity contribution in [3.63, 3.8) is 0 Å². The molecular weight excluding hydrogens is 255 g/mol. The van der Waals surface area contributed by atoms with E-state index in [2.05, 4.69) is 10.3 Å². The lowest BCUT2D eigenvalue weighted by Crippen LogP contribution is -2.22. The minimum atomic E-state index is -0.607. The Bertz CT molecular complexity index is 540. The van der Waals surface area contributed by atoms with E-state index in [1.807, 2.05) is 12.1 Å². The summed E-state index contributed by atoms with van der Waals surface area (Å²) in [6.45, 7) is 0.382. The molecule has 0 spiro atoms. The Kier molecular flexibility index (Phi) is 3.89. The number of rotatable bonds is 3. The molecule has 0 radical (unpaired) electrons. The van der Waals surface area contributed by atoms with Crippen LogP contribution >= 0.6 is 11.6 Å². The number of aromatic nitrogens is 1. The zero-order valence-corrected chi connectivity index (χ0v) is 10.1. The quantitative estimate of drug-likeness (QED) is 0.866. The third kappa shape index (κ3) is 3.28. The first kappa shape index (κ1) is 12.5. The Labute approximate surface area is 109 Å². The Morgan fingerprint density at radius 1 is 1.22 bits per heavy atom. The topological polar surface area (TPSA) is 42.0 Å². The van der Waals surface area contributed by atoms with E-state index in [1.54, 1.807) is 12.1 Å². The van der Waals surface area contributed by atoms with Gasteiger partial charge in [-0.1, -0.05) is 23.7 Å². The SMILES string of the molecule is O=C(NCc1ccc(Cl)cc1)c1ccc(F)nc1. The van der Waals surface area contributed by atoms with Gasteiger partial charge in [-0.05, 0) is 29.8 Å². The average Bonchev–Trinajstić information content (AvgIpc) is 2.38. The third-order valence-electron chi connectivity index (χ3n) is 2.36. The molecule has 0 saturated heterocycles. The average molecular weight is 265 g/mol. The van der Waals surface area contributed by atoms with Crippen molar-refractivity contribution in [2.45, 2.75) is 6.54 Å². The van der Waals surface area contributed by atoms with Crippen LogP contribution in [0.2, 0.25) is 5.02 Å². The zero-order chi connectivity index (χ0) is 13.0. The lowest BCUT2D eigenvalue weighted by atomic mass is 10.2. The summed E-state index contributed by atoms with van der Waals surface area (Å²) >= 11 is 5.75. The summed E-state index contributed by atoms with van der Waals surface area (Å²) in [4.78, 5) is 15.1. The molecule has 1 aromatic heterocycles. The molecule has 0 atom stereocenters. The molecule has 0 aliphatic heterocycles. The fourth-order valence-electron chi connectivity index (χ4n) is 1.40. The number of carbonyl (C=O) groups excluding carboxylic acids is 1. The fraction of sp³-hybridized carbons (Fsp3) is 0.0769. The van der Waals surface area contributed by atoms with Gasteiger partial charge in [-0.3, -0.25) is 4.79 Å². The van der Waals surface area contributed by atoms with Gasteiger partial charge < -0.3 is 5.32 Å². The van der Waals surface area contributed by atoms with Crippen LogP contribution in [0.4, 0.5) is 4.39 Å². The number of hydrogen-bond acceptors (Lipinski definition) is 2. The molecule has 1 amide bonds. The smallest absolute Gasteiger partial charge is 0.253 e. The summed E-state index contributed by atoms with van der Waals surface area (Å²) in [5, 5.41) is 3.36. The van der Waals surface area contributed by atoms with Crippen LogP contribution < -0.4 is 5.32 Å². The van der Waals surface area contributed by atoms with Gasteiger partial charge in [-0.15, -0.1) is 0 Å². The molecule has 92 valence electrons. The van der Waals surface area contributed by atoms with Gasteiger partial charge >= 0.3 is 0 Å². The standard InChI is InChI=1S/C13H10ClFN2O/c14-11-4-1-9(2-5-11)7-17-13(18)10-3-6-12(15)16-8-10/h1-6,8H,7H2,(H,17,18). The predicted molar refractivity (Wildman–Crippen MR) is 66.8 cm³/mol. The van der Waals surface area contributed by atoms with Crippen molar-refractivity contribution >= 4 is 17.5 Å². The summed E-state index contributed by atoms with van der Waals surface area (Å²) in [6.07, 6.45) is 1.20. The highest BCUT2D eigenvalue weighted by Gasteiger charge is 2.05. The predicted octanol–water partition coefficient (Wildman–Crippen LogP) is 2.80. The molecule has 1 heterocycles. The van der Waals surface area contributed by atoms with E-state index in [1.165, 1.54) is 12.3 Å². The molecule has 1 aromatic carbocycles. The van der Waals surface area contributed by atoms with Gasteiger partial charge in [-0.25, -0.2) is 4.98 Å². The molecule has 0 bridgehead atoms. The van der Waals surface area contributed by atoms with Crippen molar-refractivity contribution in [2.24, 2.45) is 0 Å². The Balaban J connectivity index is 1.96. The van der Waals surface area contributed by atoms with Crippen molar-refractivity contribution < 1.29 is 9.18 Å². The van der Waals surface area contributed by atoms with Gasteiger partial charge in [-0.2, -0.15) is 4.39 Å². The third-order valence-corrected chi connectivity index (χ3v) is 2.61. The minimum absolute atomic E-state index is 0.294. The highest BCUT2D eigenvalue weighted by atomic mass is 35.5. The molecule has 0 aliphatic rings. The van der Waals surface area contributed by atoms with E-state index in [-0.39, 0.29) is 5.91 Å². The summed E-state index contributed by atoms with van der Waals surface area (Å²) < 4.78 is 12.6. The molecule has 0 unspecified atom stereocenters. The first-order chi connectivity index (χ1) is 8.65. The summed E-state index contributed by atoms with van der Waals surface area (Å²) in [7, 11) is 0. The number of nitrogens with one attached hydrogen (secondary N) is 1. The van der Waals surface area contributed by atoms with Crippen LogP contribution in [0, 0.1) is 5.95 Å². The molecule has 3 nitrogen and oxygen atoms in total. The number of amides is 1. The maximum Gasteiger partial charge on any atom is 0.253 e. The van der Waals surface area contributed by atoms with Gasteiger partial charge in [0.05, 0.1) is 5.56 Å². The van der Waals surface area contributed by atoms with Crippen LogP contribution in [0.1, 0.15) is 15.9 Å². The van der Waals surface area contributed by atoms with E-state index < -0.39 is 5.95 Å². The summed E-state index contributed by atoms with van der Waals surface area (Å²) in [5.41, 5.74) is 1.26. The molecule has 5 heteroatoms. The second kappa shape index (κ2) is 5.60. The highest BCUT2D eigenvalue weighted by Crippen LogP contribution is 2.09. The Morgan fingerprint density at radius 2 is 1.94 bits per heavy atom. The van der Waals surface area contributed by atoms with Crippen LogP contribution in [0.3, 0.4) is 0 Å². The molecular formula is C13H10ClFN2O. The minimum Gasteiger partial charge on any atom is -0.348 e. The second-order valence-electron chi connectivity index (χ2n) is 3.68. The van der Waals surface area contributed by atoms with Gasteiger partial charge in [0.15, 0.2) is 0 Å². The lowest BCUT2D eigenvalue weighted by Gasteiger charge is -2.05. The Morgan fingerprint density at radius 3 is 2.56 bits per heavy atom. The molecule has 1 N–H and O–H groups in total. The number of nitrogens with zero attached hydrogens (tertiary/aromatic N) is 1. The second-order valence-corrected chi connectivity index (χ2v) is 4.12. The van der Waals surface area contributed by atoms with E-state index in [0.29, 0.717) is 17.1 Å². The van der Waals surface area contributed by atoms with Crippen molar-refractivity contribution in [2.75, 3.05) is 0 Å². The van der Waals surface area contributed by atoms with Gasteiger partial charge in [0.1, 0.15) is 0 Å². The van der Waals surface area contributed by atoms with Crippen LogP contribution in [-0.4, -0.2) is 10.9 Å². The van der Waals surface area contributed by atoms with Crippen molar-refractivity contribution in [1.29, 1.82) is 0 Å². The lowest BCUT2D eigenvalue weighted by molar-refractivity contribution is 0.0950. The van der Waals surface area contributed by atoms with Crippen molar-refractivity contribution in [3.8, 4) is 0 Å². The first-order valence-electron chi connectivity index (χ1n) is 5.29. The summed E-state index contributed by atoms with van der Waals surface area (Å²) in [5.74, 6) is -0.901. The van der Waals surface area contributed by atoms with Crippen LogP contribution in [0.5, 0.6) is 0 Å². The number of halogens is 2. The summed E-state index contributed by atoms with van der Waals surface area (Å²) in [6, 6.07) is 9.69. The molecule has 0 aliphatic carbocycles. The fourth-order valence-corrected chi connectivity index (χ4v) is 1.52. The van der Waals surface area contributed by atoms with Gasteiger partial charge in [0.25, 0.3) is 5.91 Å². The zero-order valence-electron chi connectivity index (χ0n) is 9.36. The number of hydrogen-bond donors (Lipinski definition) is 1. The van der Waals surface area contributed by atoms with Gasteiger partial charge in [0, 0.05) is 17.8 Å². The largest absolute Gasteiger partial charge is 0.348 e. The van der Waals surface area contributed by atoms with Crippen LogP contribution in [0.15, 0.2) is 42.6 Å². The van der Waals surface area contributed by atoms with E-state index in [0.717, 1.165) is 11.6 Å². The van der Waals surface area contributed by atoms with E-state index in [9.17, 15) is 9.18 Å². The van der Waals surface area contributed by atoms with Crippen molar-refractivity contribution in [1.82, 2.24) is 10.3 Å². The molecule has 18 heavy (non-hydrogen) atoms. The van der Waals surface area contributed by atoms with Crippen molar-refractivity contribution in [3.05, 3.63) is 64.7 Å². The number of pyridine rings is 1. The number of benzene rings is 1. The van der Waals surface area contributed by atoms with E-state index >= 15 is 0 Å². The molecule has 0 fully saturated rings. The molecule has 2 rings (SSSR count). The Hall–Kier alpha value is -1.94. The normalized spacial score (nSPS) is 10.1.